The number of allylic oxidation sites excluding steroid dienone is 1. The maximum absolute atomic E-state index is 5.94. The third kappa shape index (κ3) is 2.97. The summed E-state index contributed by atoms with van der Waals surface area (Å²) in [7, 11) is 0. The average Bonchev–Trinajstić information content (AvgIpc) is 2.82. The molecule has 0 amide bonds. The molecule has 2 heteroatoms. The van der Waals surface area contributed by atoms with Gasteiger partial charge in [0.1, 0.15) is 0 Å². The van der Waals surface area contributed by atoms with Gasteiger partial charge in [0.15, 0.2) is 0 Å². The molecule has 0 saturated heterocycles. The van der Waals surface area contributed by atoms with Crippen molar-refractivity contribution in [2.75, 3.05) is 0 Å². The van der Waals surface area contributed by atoms with Crippen LogP contribution in [0.1, 0.15) is 77.6 Å². The van der Waals surface area contributed by atoms with Crippen molar-refractivity contribution < 1.29 is 0 Å². The SMILES string of the molecule is CCC1(C(NN)C2=CCCCCCC2)CCCC1. The van der Waals surface area contributed by atoms with Gasteiger partial charge in [-0.1, -0.05) is 44.3 Å². The third-order valence-corrected chi connectivity index (χ3v) is 5.28. The molecule has 0 aromatic heterocycles. The van der Waals surface area contributed by atoms with E-state index in [9.17, 15) is 0 Å². The minimum Gasteiger partial charge on any atom is -0.271 e. The van der Waals surface area contributed by atoms with Crippen LogP contribution in [0.5, 0.6) is 0 Å². The highest BCUT2D eigenvalue weighted by molar-refractivity contribution is 5.17. The van der Waals surface area contributed by atoms with E-state index in [1.165, 1.54) is 70.6 Å². The molecule has 1 fully saturated rings. The highest BCUT2D eigenvalue weighted by Gasteiger charge is 2.40. The van der Waals surface area contributed by atoms with Crippen LogP contribution in [-0.2, 0) is 0 Å². The zero-order valence-corrected chi connectivity index (χ0v) is 12.0. The second-order valence-electron chi connectivity index (χ2n) is 6.25. The van der Waals surface area contributed by atoms with E-state index in [-0.39, 0.29) is 0 Å². The van der Waals surface area contributed by atoms with Crippen molar-refractivity contribution in [3.05, 3.63) is 11.6 Å². The smallest absolute Gasteiger partial charge is 0.0476 e. The van der Waals surface area contributed by atoms with Gasteiger partial charge in [0.25, 0.3) is 0 Å². The van der Waals surface area contributed by atoms with Crippen molar-refractivity contribution in [3.8, 4) is 0 Å². The van der Waals surface area contributed by atoms with Gasteiger partial charge in [0.2, 0.25) is 0 Å². The molecule has 0 heterocycles. The second-order valence-corrected chi connectivity index (χ2v) is 6.25. The molecule has 104 valence electrons. The van der Waals surface area contributed by atoms with E-state index in [2.05, 4.69) is 18.4 Å². The van der Waals surface area contributed by atoms with Gasteiger partial charge in [-0.25, -0.2) is 0 Å². The summed E-state index contributed by atoms with van der Waals surface area (Å²) in [5.74, 6) is 5.94. The molecule has 1 atom stereocenters. The molecule has 3 N–H and O–H groups in total. The largest absolute Gasteiger partial charge is 0.271 e. The van der Waals surface area contributed by atoms with Crippen LogP contribution in [0.25, 0.3) is 0 Å². The van der Waals surface area contributed by atoms with Crippen LogP contribution in [0.4, 0.5) is 0 Å². The Morgan fingerprint density at radius 3 is 2.56 bits per heavy atom. The lowest BCUT2D eigenvalue weighted by Gasteiger charge is -2.38. The molecule has 0 aromatic carbocycles. The summed E-state index contributed by atoms with van der Waals surface area (Å²) in [5.41, 5.74) is 5.24. The highest BCUT2D eigenvalue weighted by Crippen LogP contribution is 2.46. The van der Waals surface area contributed by atoms with Crippen LogP contribution in [0, 0.1) is 5.41 Å². The number of hydrogen-bond acceptors (Lipinski definition) is 2. The predicted molar refractivity (Wildman–Crippen MR) is 78.1 cm³/mol. The summed E-state index contributed by atoms with van der Waals surface area (Å²) in [4.78, 5) is 0. The van der Waals surface area contributed by atoms with E-state index < -0.39 is 0 Å². The molecule has 18 heavy (non-hydrogen) atoms. The highest BCUT2D eigenvalue weighted by atomic mass is 15.2. The quantitative estimate of drug-likeness (QED) is 0.448. The van der Waals surface area contributed by atoms with E-state index >= 15 is 0 Å². The number of hydrazine groups is 1. The molecule has 2 aliphatic carbocycles. The number of nitrogens with two attached hydrogens (primary N) is 1. The Bertz CT molecular complexity index is 277. The Morgan fingerprint density at radius 1 is 1.17 bits per heavy atom. The van der Waals surface area contributed by atoms with Gasteiger partial charge in [0, 0.05) is 6.04 Å². The Labute approximate surface area is 112 Å². The Kier molecular flexibility index (Phi) is 5.25. The van der Waals surface area contributed by atoms with Crippen molar-refractivity contribution in [2.24, 2.45) is 11.3 Å². The topological polar surface area (TPSA) is 38.0 Å². The summed E-state index contributed by atoms with van der Waals surface area (Å²) in [6.45, 7) is 2.35. The lowest BCUT2D eigenvalue weighted by Crippen LogP contribution is -2.48. The minimum atomic E-state index is 0.433. The van der Waals surface area contributed by atoms with Crippen LogP contribution in [0.15, 0.2) is 11.6 Å². The normalized spacial score (nSPS) is 26.2. The van der Waals surface area contributed by atoms with Gasteiger partial charge in [-0.15, -0.1) is 0 Å². The van der Waals surface area contributed by atoms with Crippen molar-refractivity contribution in [3.63, 3.8) is 0 Å². The molecule has 0 bridgehead atoms. The van der Waals surface area contributed by atoms with E-state index in [0.717, 1.165) is 0 Å². The van der Waals surface area contributed by atoms with E-state index in [4.69, 9.17) is 5.84 Å². The molecule has 0 radical (unpaired) electrons. The maximum atomic E-state index is 5.94. The molecule has 0 aromatic rings. The summed E-state index contributed by atoms with van der Waals surface area (Å²) >= 11 is 0. The van der Waals surface area contributed by atoms with Crippen LogP contribution >= 0.6 is 0 Å². The van der Waals surface area contributed by atoms with Crippen molar-refractivity contribution in [2.45, 2.75) is 83.6 Å². The number of hydrogen-bond donors (Lipinski definition) is 2. The zero-order chi connectivity index (χ0) is 12.8. The van der Waals surface area contributed by atoms with Gasteiger partial charge < -0.3 is 0 Å². The summed E-state index contributed by atoms with van der Waals surface area (Å²) in [5, 5.41) is 0. The average molecular weight is 250 g/mol. The van der Waals surface area contributed by atoms with E-state index in [1.807, 2.05) is 0 Å². The molecular weight excluding hydrogens is 220 g/mol. The van der Waals surface area contributed by atoms with Crippen LogP contribution in [-0.4, -0.2) is 6.04 Å². The molecule has 0 aliphatic heterocycles. The molecule has 2 rings (SSSR count). The number of rotatable bonds is 4. The first-order valence-corrected chi connectivity index (χ1v) is 7.97. The van der Waals surface area contributed by atoms with E-state index in [0.29, 0.717) is 11.5 Å². The summed E-state index contributed by atoms with van der Waals surface area (Å²) in [6, 6.07) is 0.433. The third-order valence-electron chi connectivity index (χ3n) is 5.28. The van der Waals surface area contributed by atoms with Crippen LogP contribution in [0.3, 0.4) is 0 Å². The first-order chi connectivity index (χ1) is 8.82. The van der Waals surface area contributed by atoms with Crippen molar-refractivity contribution in [1.82, 2.24) is 5.43 Å². The monoisotopic (exact) mass is 250 g/mol. The lowest BCUT2D eigenvalue weighted by atomic mass is 9.72. The van der Waals surface area contributed by atoms with Crippen LogP contribution < -0.4 is 11.3 Å². The first-order valence-electron chi connectivity index (χ1n) is 7.97. The fourth-order valence-electron chi connectivity index (χ4n) is 4.08. The second kappa shape index (κ2) is 6.72. The molecule has 1 saturated carbocycles. The maximum Gasteiger partial charge on any atom is 0.0476 e. The summed E-state index contributed by atoms with van der Waals surface area (Å²) in [6.07, 6.45) is 17.3. The fourth-order valence-corrected chi connectivity index (χ4v) is 4.08. The Morgan fingerprint density at radius 2 is 1.89 bits per heavy atom. The number of nitrogens with one attached hydrogen (secondary N) is 1. The lowest BCUT2D eigenvalue weighted by molar-refractivity contribution is 0.207. The van der Waals surface area contributed by atoms with E-state index in [1.54, 1.807) is 5.57 Å². The van der Waals surface area contributed by atoms with Crippen molar-refractivity contribution >= 4 is 0 Å². The fraction of sp³-hybridized carbons (Fsp3) is 0.875. The summed E-state index contributed by atoms with van der Waals surface area (Å²) < 4.78 is 0. The molecular formula is C16H30N2. The molecule has 2 nitrogen and oxygen atoms in total. The first kappa shape index (κ1) is 14.1. The predicted octanol–water partition coefficient (Wildman–Crippen LogP) is 4.07. The van der Waals surface area contributed by atoms with Crippen molar-refractivity contribution in [1.29, 1.82) is 0 Å². The molecule has 1 unspecified atom stereocenters. The molecule has 2 aliphatic rings. The van der Waals surface area contributed by atoms with Gasteiger partial charge >= 0.3 is 0 Å². The molecule has 0 spiro atoms. The minimum absolute atomic E-state index is 0.433. The van der Waals surface area contributed by atoms with Gasteiger partial charge in [-0.2, -0.15) is 0 Å². The Balaban J connectivity index is 2.14. The zero-order valence-electron chi connectivity index (χ0n) is 12.0. The van der Waals surface area contributed by atoms with Gasteiger partial charge in [0.05, 0.1) is 0 Å². The van der Waals surface area contributed by atoms with Gasteiger partial charge in [-0.3, -0.25) is 11.3 Å². The van der Waals surface area contributed by atoms with Gasteiger partial charge in [-0.05, 0) is 50.4 Å². The van der Waals surface area contributed by atoms with Crippen LogP contribution in [0.2, 0.25) is 0 Å². The Hall–Kier alpha value is -0.340. The standard InChI is InChI=1S/C16H30N2/c1-2-16(12-8-9-13-16)15(18-17)14-10-6-4-3-5-7-11-14/h10,15,18H,2-9,11-13,17H2,1H3.